The lowest BCUT2D eigenvalue weighted by Gasteiger charge is -2.17. The van der Waals surface area contributed by atoms with Gasteiger partial charge in [0, 0.05) is 17.5 Å². The molecule has 1 aromatic heterocycles. The second-order valence-corrected chi connectivity index (χ2v) is 5.76. The molecule has 4 rings (SSSR count). The monoisotopic (exact) mass is 308 g/mol. The van der Waals surface area contributed by atoms with Gasteiger partial charge in [0.25, 0.3) is 5.91 Å². The lowest BCUT2D eigenvalue weighted by atomic mass is 10.1. The molecule has 0 N–H and O–H groups in total. The molecule has 2 heterocycles. The fourth-order valence-electron chi connectivity index (χ4n) is 2.89. The van der Waals surface area contributed by atoms with Crippen molar-refractivity contribution in [2.24, 2.45) is 0 Å². The molecule has 0 saturated carbocycles. The smallest absolute Gasteiger partial charge is 0.259 e. The predicted molar refractivity (Wildman–Crippen MR) is 88.6 cm³/mol. The highest BCUT2D eigenvalue weighted by molar-refractivity contribution is 6.35. The number of rotatable bonds is 1. The third kappa shape index (κ3) is 2.06. The van der Waals surface area contributed by atoms with E-state index < -0.39 is 0 Å². The van der Waals surface area contributed by atoms with Crippen molar-refractivity contribution < 1.29 is 4.79 Å². The van der Waals surface area contributed by atoms with E-state index in [1.807, 2.05) is 48.5 Å². The first-order chi connectivity index (χ1) is 10.7. The van der Waals surface area contributed by atoms with Crippen LogP contribution < -0.4 is 4.90 Å². The van der Waals surface area contributed by atoms with Crippen LogP contribution >= 0.6 is 11.6 Å². The van der Waals surface area contributed by atoms with Gasteiger partial charge in [-0.15, -0.1) is 0 Å². The highest BCUT2D eigenvalue weighted by Crippen LogP contribution is 2.32. The molecule has 3 aromatic rings. The van der Waals surface area contributed by atoms with E-state index in [1.165, 1.54) is 0 Å². The zero-order valence-electron chi connectivity index (χ0n) is 11.8. The van der Waals surface area contributed by atoms with Crippen molar-refractivity contribution in [3.63, 3.8) is 0 Å². The Hall–Kier alpha value is -2.39. The van der Waals surface area contributed by atoms with Crippen LogP contribution in [0.15, 0.2) is 54.6 Å². The maximum atomic E-state index is 12.7. The summed E-state index contributed by atoms with van der Waals surface area (Å²) >= 11 is 6.24. The van der Waals surface area contributed by atoms with E-state index in [1.54, 1.807) is 4.90 Å². The van der Waals surface area contributed by atoms with Crippen LogP contribution in [0.4, 0.5) is 5.82 Å². The Balaban J connectivity index is 1.82. The number of anilines is 1. The first kappa shape index (κ1) is 13.3. The van der Waals surface area contributed by atoms with Crippen molar-refractivity contribution in [2.45, 2.75) is 6.42 Å². The predicted octanol–water partition coefficient (Wildman–Crippen LogP) is 4.09. The molecule has 108 valence electrons. The second-order valence-electron chi connectivity index (χ2n) is 5.36. The minimum atomic E-state index is -0.0155. The van der Waals surface area contributed by atoms with Crippen LogP contribution in [0.25, 0.3) is 10.9 Å². The second kappa shape index (κ2) is 5.11. The molecule has 0 bridgehead atoms. The normalized spacial score (nSPS) is 13.4. The first-order valence-electron chi connectivity index (χ1n) is 7.19. The maximum absolute atomic E-state index is 12.7. The van der Waals surface area contributed by atoms with Crippen LogP contribution in [0.1, 0.15) is 15.9 Å². The molecule has 0 fully saturated rings. The summed E-state index contributed by atoms with van der Waals surface area (Å²) in [6.45, 7) is 0.657. The minimum Gasteiger partial charge on any atom is -0.292 e. The number of pyridine rings is 1. The van der Waals surface area contributed by atoms with Crippen LogP contribution in [0.5, 0.6) is 0 Å². The molecule has 22 heavy (non-hydrogen) atoms. The maximum Gasteiger partial charge on any atom is 0.259 e. The first-order valence-corrected chi connectivity index (χ1v) is 7.57. The van der Waals surface area contributed by atoms with E-state index in [0.717, 1.165) is 28.7 Å². The summed E-state index contributed by atoms with van der Waals surface area (Å²) < 4.78 is 0. The van der Waals surface area contributed by atoms with Crippen LogP contribution in [-0.2, 0) is 6.42 Å². The molecule has 0 unspecified atom stereocenters. The topological polar surface area (TPSA) is 33.2 Å². The Morgan fingerprint density at radius 3 is 2.73 bits per heavy atom. The molecule has 2 aromatic carbocycles. The van der Waals surface area contributed by atoms with E-state index in [-0.39, 0.29) is 5.91 Å². The van der Waals surface area contributed by atoms with Crippen molar-refractivity contribution >= 4 is 34.2 Å². The average molecular weight is 309 g/mol. The van der Waals surface area contributed by atoms with Gasteiger partial charge in [-0.1, -0.05) is 41.9 Å². The summed E-state index contributed by atoms with van der Waals surface area (Å²) in [7, 11) is 0. The summed E-state index contributed by atoms with van der Waals surface area (Å²) in [6.07, 6.45) is 0.823. The standard InChI is InChI=1S/C18H13ClN2O/c19-15-8-4-7-13-11-14-9-10-21(17(14)20-16(13)15)18(22)12-5-2-1-3-6-12/h1-8,11H,9-10H2. The number of halogens is 1. The summed E-state index contributed by atoms with van der Waals surface area (Å²) in [5.41, 5.74) is 2.52. The van der Waals surface area contributed by atoms with Gasteiger partial charge in [-0.2, -0.15) is 0 Å². The van der Waals surface area contributed by atoms with Crippen molar-refractivity contribution in [1.82, 2.24) is 4.98 Å². The number of hydrogen-bond acceptors (Lipinski definition) is 2. The van der Waals surface area contributed by atoms with Gasteiger partial charge in [0.2, 0.25) is 0 Å². The molecule has 3 nitrogen and oxygen atoms in total. The summed E-state index contributed by atoms with van der Waals surface area (Å²) in [5.74, 6) is 0.715. The molecule has 0 spiro atoms. The molecule has 1 amide bonds. The number of para-hydroxylation sites is 1. The van der Waals surface area contributed by atoms with Gasteiger partial charge in [0.15, 0.2) is 0 Å². The number of aromatic nitrogens is 1. The van der Waals surface area contributed by atoms with Gasteiger partial charge < -0.3 is 0 Å². The number of fused-ring (bicyclic) bond motifs is 2. The fraction of sp³-hybridized carbons (Fsp3) is 0.111. The number of benzene rings is 2. The number of carbonyl (C=O) groups is 1. The number of carbonyl (C=O) groups excluding carboxylic acids is 1. The fourth-order valence-corrected chi connectivity index (χ4v) is 3.11. The van der Waals surface area contributed by atoms with E-state index in [2.05, 4.69) is 11.1 Å². The Bertz CT molecular complexity index is 877. The molecule has 0 atom stereocenters. The van der Waals surface area contributed by atoms with E-state index >= 15 is 0 Å². The summed E-state index contributed by atoms with van der Waals surface area (Å²) in [4.78, 5) is 19.1. The third-order valence-electron chi connectivity index (χ3n) is 3.98. The van der Waals surface area contributed by atoms with Gasteiger partial charge in [-0.25, -0.2) is 4.98 Å². The number of amides is 1. The van der Waals surface area contributed by atoms with Crippen LogP contribution in [0, 0.1) is 0 Å². The van der Waals surface area contributed by atoms with Gasteiger partial charge in [-0.3, -0.25) is 9.69 Å². The van der Waals surface area contributed by atoms with Crippen LogP contribution in [0.3, 0.4) is 0 Å². The SMILES string of the molecule is O=C(c1ccccc1)N1CCc2cc3cccc(Cl)c3nc21. The van der Waals surface area contributed by atoms with Gasteiger partial charge >= 0.3 is 0 Å². The van der Waals surface area contributed by atoms with Crippen molar-refractivity contribution in [1.29, 1.82) is 0 Å². The Morgan fingerprint density at radius 1 is 1.09 bits per heavy atom. The van der Waals surface area contributed by atoms with Crippen LogP contribution in [0.2, 0.25) is 5.02 Å². The molecular weight excluding hydrogens is 296 g/mol. The van der Waals surface area contributed by atoms with E-state index in [0.29, 0.717) is 17.1 Å². The third-order valence-corrected chi connectivity index (χ3v) is 4.28. The summed E-state index contributed by atoms with van der Waals surface area (Å²) in [6, 6.07) is 17.1. The Morgan fingerprint density at radius 2 is 1.91 bits per heavy atom. The highest BCUT2D eigenvalue weighted by Gasteiger charge is 2.27. The zero-order valence-corrected chi connectivity index (χ0v) is 12.5. The number of hydrogen-bond donors (Lipinski definition) is 0. The molecular formula is C18H13ClN2O. The average Bonchev–Trinajstić information content (AvgIpc) is 2.96. The van der Waals surface area contributed by atoms with E-state index in [4.69, 9.17) is 11.6 Å². The van der Waals surface area contributed by atoms with Crippen molar-refractivity contribution in [3.8, 4) is 0 Å². The van der Waals surface area contributed by atoms with Crippen LogP contribution in [-0.4, -0.2) is 17.4 Å². The minimum absolute atomic E-state index is 0.0155. The lowest BCUT2D eigenvalue weighted by molar-refractivity contribution is 0.0989. The van der Waals surface area contributed by atoms with Gasteiger partial charge in [-0.05, 0) is 36.2 Å². The lowest BCUT2D eigenvalue weighted by Crippen LogP contribution is -2.29. The molecule has 0 saturated heterocycles. The molecule has 0 radical (unpaired) electrons. The molecule has 0 aliphatic carbocycles. The quantitative estimate of drug-likeness (QED) is 0.678. The van der Waals surface area contributed by atoms with Gasteiger partial charge in [0.1, 0.15) is 5.82 Å². The Labute approximate surface area is 133 Å². The van der Waals surface area contributed by atoms with Crippen molar-refractivity contribution in [2.75, 3.05) is 11.4 Å². The zero-order chi connectivity index (χ0) is 15.1. The Kier molecular flexibility index (Phi) is 3.09. The van der Waals surface area contributed by atoms with Gasteiger partial charge in [0.05, 0.1) is 10.5 Å². The summed E-state index contributed by atoms with van der Waals surface area (Å²) in [5, 5.41) is 1.62. The van der Waals surface area contributed by atoms with Crippen molar-refractivity contribution in [3.05, 3.63) is 70.7 Å². The molecule has 1 aliphatic heterocycles. The molecule has 1 aliphatic rings. The van der Waals surface area contributed by atoms with E-state index in [9.17, 15) is 4.79 Å². The highest BCUT2D eigenvalue weighted by atomic mass is 35.5. The molecule has 4 heteroatoms. The largest absolute Gasteiger partial charge is 0.292 e. The number of nitrogens with zero attached hydrogens (tertiary/aromatic N) is 2.